The van der Waals surface area contributed by atoms with Crippen LogP contribution in [0.5, 0.6) is 0 Å². The summed E-state index contributed by atoms with van der Waals surface area (Å²) in [6.07, 6.45) is -3.84. The summed E-state index contributed by atoms with van der Waals surface area (Å²) in [4.78, 5) is 13.5. The highest BCUT2D eigenvalue weighted by Gasteiger charge is 2.34. The van der Waals surface area contributed by atoms with Gasteiger partial charge in [-0.1, -0.05) is 43.3 Å². The molecule has 4 aromatic rings. The summed E-state index contributed by atoms with van der Waals surface area (Å²) in [5.74, 6) is 0.273. The van der Waals surface area contributed by atoms with E-state index < -0.39 is 17.6 Å². The molecule has 8 heteroatoms. The van der Waals surface area contributed by atoms with Crippen LogP contribution in [0, 0.1) is 5.82 Å². The molecule has 0 bridgehead atoms. The number of aromatic nitrogens is 2. The third-order valence-corrected chi connectivity index (χ3v) is 5.61. The minimum absolute atomic E-state index is 0.0609. The maximum absolute atomic E-state index is 14.0. The number of rotatable bonds is 3. The maximum atomic E-state index is 14.0. The first-order valence-electron chi connectivity index (χ1n) is 10.4. The van der Waals surface area contributed by atoms with Gasteiger partial charge < -0.3 is 5.32 Å². The second kappa shape index (κ2) is 7.95. The summed E-state index contributed by atoms with van der Waals surface area (Å²) in [6.45, 7) is 1.98. The molecule has 0 fully saturated rings. The molecule has 1 N–H and O–H groups in total. The molecule has 1 aliphatic heterocycles. The number of halogens is 4. The molecule has 33 heavy (non-hydrogen) atoms. The van der Waals surface area contributed by atoms with Gasteiger partial charge in [-0.3, -0.25) is 4.99 Å². The Bertz CT molecular complexity index is 1400. The molecule has 0 saturated heterocycles. The van der Waals surface area contributed by atoms with Crippen molar-refractivity contribution in [1.82, 2.24) is 9.97 Å². The largest absolute Gasteiger partial charge is 0.417 e. The molecule has 1 unspecified atom stereocenters. The zero-order valence-corrected chi connectivity index (χ0v) is 17.5. The number of aliphatic imine (C=N–C) groups is 1. The van der Waals surface area contributed by atoms with E-state index in [1.54, 1.807) is 30.3 Å². The van der Waals surface area contributed by atoms with E-state index in [2.05, 4.69) is 20.3 Å². The fourth-order valence-electron chi connectivity index (χ4n) is 4.06. The van der Waals surface area contributed by atoms with Crippen LogP contribution >= 0.6 is 0 Å². The van der Waals surface area contributed by atoms with Crippen molar-refractivity contribution in [3.8, 4) is 11.4 Å². The summed E-state index contributed by atoms with van der Waals surface area (Å²) in [5.41, 5.74) is 1.05. The van der Waals surface area contributed by atoms with E-state index >= 15 is 0 Å². The Morgan fingerprint density at radius 1 is 0.909 bits per heavy atom. The SMILES string of the molecule is CCC1N=C(Nc2nc(-c3ccccc3C(F)(F)F)nc3ccccc23)c2cc(F)ccc21. The predicted molar refractivity (Wildman–Crippen MR) is 120 cm³/mol. The molecule has 1 aliphatic rings. The van der Waals surface area contributed by atoms with Gasteiger partial charge in [0.05, 0.1) is 17.1 Å². The molecule has 1 aromatic heterocycles. The molecule has 5 rings (SSSR count). The van der Waals surface area contributed by atoms with Crippen LogP contribution in [0.15, 0.2) is 71.7 Å². The van der Waals surface area contributed by atoms with Crippen molar-refractivity contribution in [2.24, 2.45) is 4.99 Å². The summed E-state index contributed by atoms with van der Waals surface area (Å²) < 4.78 is 54.9. The van der Waals surface area contributed by atoms with Crippen LogP contribution < -0.4 is 5.32 Å². The standard InChI is InChI=1S/C25H18F4N4/c1-2-20-15-12-11-14(26)13-18(15)24(30-20)33-23-17-8-4-6-10-21(17)31-22(32-23)16-7-3-5-9-19(16)25(27,28)29/h3-13,20H,2H2,1H3,(H,30,31,32,33). The van der Waals surface area contributed by atoms with Crippen molar-refractivity contribution in [2.75, 3.05) is 5.32 Å². The van der Waals surface area contributed by atoms with E-state index in [-0.39, 0.29) is 17.4 Å². The summed E-state index contributed by atoms with van der Waals surface area (Å²) in [7, 11) is 0. The molecule has 0 radical (unpaired) electrons. The zero-order chi connectivity index (χ0) is 23.2. The highest BCUT2D eigenvalue weighted by Crippen LogP contribution is 2.38. The number of hydrogen-bond acceptors (Lipinski definition) is 4. The topological polar surface area (TPSA) is 50.2 Å². The van der Waals surface area contributed by atoms with Crippen molar-refractivity contribution in [3.05, 3.63) is 89.2 Å². The highest BCUT2D eigenvalue weighted by molar-refractivity contribution is 6.13. The quantitative estimate of drug-likeness (QED) is 0.350. The molecule has 2 heterocycles. The smallest absolute Gasteiger partial charge is 0.324 e. The van der Waals surface area contributed by atoms with Crippen molar-refractivity contribution >= 4 is 22.6 Å². The lowest BCUT2D eigenvalue weighted by atomic mass is 10.0. The van der Waals surface area contributed by atoms with Gasteiger partial charge in [0, 0.05) is 16.5 Å². The van der Waals surface area contributed by atoms with E-state index in [1.165, 1.54) is 30.3 Å². The van der Waals surface area contributed by atoms with E-state index in [9.17, 15) is 17.6 Å². The average Bonchev–Trinajstić information content (AvgIpc) is 3.15. The molecule has 1 atom stereocenters. The lowest BCUT2D eigenvalue weighted by Crippen LogP contribution is -2.14. The van der Waals surface area contributed by atoms with Crippen molar-refractivity contribution in [3.63, 3.8) is 0 Å². The van der Waals surface area contributed by atoms with Gasteiger partial charge in [-0.15, -0.1) is 0 Å². The Labute approximate surface area is 187 Å². The van der Waals surface area contributed by atoms with Gasteiger partial charge in [-0.2, -0.15) is 13.2 Å². The van der Waals surface area contributed by atoms with Gasteiger partial charge in [0.25, 0.3) is 0 Å². The third kappa shape index (κ3) is 3.82. The van der Waals surface area contributed by atoms with Crippen LogP contribution in [-0.4, -0.2) is 15.8 Å². The molecule has 0 saturated carbocycles. The second-order valence-electron chi connectivity index (χ2n) is 7.71. The van der Waals surface area contributed by atoms with Crippen LogP contribution in [0.1, 0.15) is 36.1 Å². The van der Waals surface area contributed by atoms with Gasteiger partial charge in [-0.25, -0.2) is 14.4 Å². The number of amidine groups is 1. The zero-order valence-electron chi connectivity index (χ0n) is 17.5. The van der Waals surface area contributed by atoms with Gasteiger partial charge in [0.15, 0.2) is 5.82 Å². The maximum Gasteiger partial charge on any atom is 0.417 e. The van der Waals surface area contributed by atoms with Crippen LogP contribution in [0.3, 0.4) is 0 Å². The van der Waals surface area contributed by atoms with Crippen LogP contribution in [0.2, 0.25) is 0 Å². The number of anilines is 1. The molecular weight excluding hydrogens is 432 g/mol. The number of fused-ring (bicyclic) bond motifs is 2. The lowest BCUT2D eigenvalue weighted by molar-refractivity contribution is -0.137. The fourth-order valence-corrected chi connectivity index (χ4v) is 4.06. The Morgan fingerprint density at radius 3 is 2.45 bits per heavy atom. The summed E-state index contributed by atoms with van der Waals surface area (Å²) >= 11 is 0. The number of nitrogens with one attached hydrogen (secondary N) is 1. The van der Waals surface area contributed by atoms with Crippen molar-refractivity contribution < 1.29 is 17.6 Å². The van der Waals surface area contributed by atoms with E-state index in [1.807, 2.05) is 6.92 Å². The molecule has 0 spiro atoms. The molecule has 0 aliphatic carbocycles. The molecule has 166 valence electrons. The Balaban J connectivity index is 1.66. The average molecular weight is 450 g/mol. The number of hydrogen-bond donors (Lipinski definition) is 1. The third-order valence-electron chi connectivity index (χ3n) is 5.61. The number of alkyl halides is 3. The first-order chi connectivity index (χ1) is 15.8. The van der Waals surface area contributed by atoms with Gasteiger partial charge in [0.2, 0.25) is 0 Å². The van der Waals surface area contributed by atoms with E-state index in [0.29, 0.717) is 28.1 Å². The van der Waals surface area contributed by atoms with Crippen LogP contribution in [0.25, 0.3) is 22.3 Å². The Hall–Kier alpha value is -3.81. The summed E-state index contributed by atoms with van der Waals surface area (Å²) in [5, 5.41) is 3.77. The number of nitrogens with zero attached hydrogens (tertiary/aromatic N) is 3. The minimum Gasteiger partial charge on any atom is -0.324 e. The normalized spacial score (nSPS) is 15.4. The van der Waals surface area contributed by atoms with E-state index in [0.717, 1.165) is 18.1 Å². The van der Waals surface area contributed by atoms with Crippen LogP contribution in [-0.2, 0) is 6.18 Å². The number of benzene rings is 3. The predicted octanol–water partition coefficient (Wildman–Crippen LogP) is 6.78. The Kier molecular flexibility index (Phi) is 5.08. The minimum atomic E-state index is -4.56. The first-order valence-corrected chi connectivity index (χ1v) is 10.4. The van der Waals surface area contributed by atoms with Gasteiger partial charge in [-0.05, 0) is 42.3 Å². The Morgan fingerprint density at radius 2 is 1.67 bits per heavy atom. The second-order valence-corrected chi connectivity index (χ2v) is 7.71. The lowest BCUT2D eigenvalue weighted by Gasteiger charge is -2.15. The van der Waals surface area contributed by atoms with E-state index in [4.69, 9.17) is 0 Å². The van der Waals surface area contributed by atoms with Gasteiger partial charge in [0.1, 0.15) is 17.5 Å². The molecule has 0 amide bonds. The monoisotopic (exact) mass is 450 g/mol. The summed E-state index contributed by atoms with van der Waals surface area (Å²) in [6, 6.07) is 16.6. The molecule has 4 nitrogen and oxygen atoms in total. The first kappa shape index (κ1) is 21.1. The van der Waals surface area contributed by atoms with Crippen molar-refractivity contribution in [1.29, 1.82) is 0 Å². The van der Waals surface area contributed by atoms with Crippen LogP contribution in [0.4, 0.5) is 23.4 Å². The fraction of sp³-hybridized carbons (Fsp3) is 0.160. The van der Waals surface area contributed by atoms with Crippen molar-refractivity contribution in [2.45, 2.75) is 25.6 Å². The van der Waals surface area contributed by atoms with Gasteiger partial charge >= 0.3 is 6.18 Å². The number of para-hydroxylation sites is 1. The highest BCUT2D eigenvalue weighted by atomic mass is 19.4. The molecule has 3 aromatic carbocycles. The molecular formula is C25H18F4N4.